The molecule has 1 aromatic carbocycles. The second-order valence-electron chi connectivity index (χ2n) is 4.06. The van der Waals surface area contributed by atoms with Gasteiger partial charge in [-0.2, -0.15) is 0 Å². The second kappa shape index (κ2) is 4.82. The Morgan fingerprint density at radius 1 is 1.27 bits per heavy atom. The van der Waals surface area contributed by atoms with Crippen LogP contribution in [0, 0.1) is 11.8 Å². The van der Waals surface area contributed by atoms with Crippen molar-refractivity contribution >= 4 is 5.97 Å². The van der Waals surface area contributed by atoms with E-state index in [0.717, 1.165) is 5.56 Å². The molecule has 0 amide bonds. The predicted octanol–water partition coefficient (Wildman–Crippen LogP) is 2.29. The first-order valence-corrected chi connectivity index (χ1v) is 5.01. The zero-order chi connectivity index (χ0) is 11.4. The first-order valence-electron chi connectivity index (χ1n) is 5.01. The molecule has 3 heteroatoms. The fourth-order valence-electron chi connectivity index (χ4n) is 1.49. The molecule has 1 atom stereocenters. The summed E-state index contributed by atoms with van der Waals surface area (Å²) < 4.78 is 0. The Balaban J connectivity index is 2.74. The Morgan fingerprint density at radius 2 is 1.80 bits per heavy atom. The molecule has 0 aromatic heterocycles. The van der Waals surface area contributed by atoms with Crippen molar-refractivity contribution in [2.24, 2.45) is 11.8 Å². The lowest BCUT2D eigenvalue weighted by molar-refractivity contribution is -0.143. The first-order chi connectivity index (χ1) is 7.00. The Bertz CT molecular complexity index is 327. The summed E-state index contributed by atoms with van der Waals surface area (Å²) in [5.41, 5.74) is 0.939. The third-order valence-corrected chi connectivity index (χ3v) is 2.51. The number of carboxylic acids is 1. The van der Waals surface area contributed by atoms with Gasteiger partial charge in [0.25, 0.3) is 0 Å². The van der Waals surface area contributed by atoms with E-state index < -0.39 is 5.97 Å². The van der Waals surface area contributed by atoms with Gasteiger partial charge in [-0.1, -0.05) is 26.0 Å². The second-order valence-corrected chi connectivity index (χ2v) is 4.06. The third kappa shape index (κ3) is 3.27. The molecule has 1 rings (SSSR count). The molecule has 0 aliphatic carbocycles. The van der Waals surface area contributed by atoms with Gasteiger partial charge in [0.1, 0.15) is 5.75 Å². The van der Waals surface area contributed by atoms with Crippen LogP contribution in [0.4, 0.5) is 0 Å². The number of aliphatic carboxylic acids is 1. The van der Waals surface area contributed by atoms with Crippen LogP contribution >= 0.6 is 0 Å². The maximum absolute atomic E-state index is 11.0. The van der Waals surface area contributed by atoms with E-state index in [1.54, 1.807) is 24.3 Å². The fraction of sp³-hybridized carbons (Fsp3) is 0.417. The van der Waals surface area contributed by atoms with E-state index in [9.17, 15) is 4.79 Å². The highest BCUT2D eigenvalue weighted by Crippen LogP contribution is 2.19. The Hall–Kier alpha value is -1.51. The summed E-state index contributed by atoms with van der Waals surface area (Å²) in [5.74, 6) is -0.820. The zero-order valence-electron chi connectivity index (χ0n) is 8.97. The highest BCUT2D eigenvalue weighted by atomic mass is 16.4. The lowest BCUT2D eigenvalue weighted by Gasteiger charge is -2.15. The summed E-state index contributed by atoms with van der Waals surface area (Å²) in [4.78, 5) is 11.0. The Kier molecular flexibility index (Phi) is 3.72. The smallest absolute Gasteiger partial charge is 0.307 e. The topological polar surface area (TPSA) is 57.5 Å². The average Bonchev–Trinajstić information content (AvgIpc) is 2.15. The van der Waals surface area contributed by atoms with Gasteiger partial charge in [-0.25, -0.2) is 0 Å². The molecule has 0 unspecified atom stereocenters. The standard InChI is InChI=1S/C12H16O3/c1-8(2)11(12(14)15)7-9-3-5-10(13)6-4-9/h3-6,8,11,13H,7H2,1-2H3,(H,14,15)/t11-/m0/s1. The summed E-state index contributed by atoms with van der Waals surface area (Å²) in [5, 5.41) is 18.1. The van der Waals surface area contributed by atoms with Crippen LogP contribution in [0.25, 0.3) is 0 Å². The minimum atomic E-state index is -0.766. The van der Waals surface area contributed by atoms with Crippen LogP contribution in [0.3, 0.4) is 0 Å². The van der Waals surface area contributed by atoms with Crippen molar-refractivity contribution in [3.05, 3.63) is 29.8 Å². The van der Waals surface area contributed by atoms with Crippen LogP contribution in [-0.2, 0) is 11.2 Å². The molecule has 0 aliphatic rings. The molecule has 0 saturated carbocycles. The quantitative estimate of drug-likeness (QED) is 0.798. The van der Waals surface area contributed by atoms with Gasteiger partial charge in [0, 0.05) is 0 Å². The van der Waals surface area contributed by atoms with Crippen molar-refractivity contribution in [1.29, 1.82) is 0 Å². The highest BCUT2D eigenvalue weighted by molar-refractivity contribution is 5.70. The molecular formula is C12H16O3. The van der Waals surface area contributed by atoms with Gasteiger partial charge >= 0.3 is 5.97 Å². The number of carbonyl (C=O) groups is 1. The number of hydrogen-bond acceptors (Lipinski definition) is 2. The van der Waals surface area contributed by atoms with E-state index in [2.05, 4.69) is 0 Å². The van der Waals surface area contributed by atoms with Crippen molar-refractivity contribution in [2.45, 2.75) is 20.3 Å². The van der Waals surface area contributed by atoms with Crippen LogP contribution in [-0.4, -0.2) is 16.2 Å². The molecule has 0 saturated heterocycles. The van der Waals surface area contributed by atoms with Crippen LogP contribution in [0.1, 0.15) is 19.4 Å². The molecule has 0 heterocycles. The van der Waals surface area contributed by atoms with Gasteiger partial charge in [-0.05, 0) is 30.0 Å². The molecule has 0 spiro atoms. The van der Waals surface area contributed by atoms with Gasteiger partial charge in [-0.15, -0.1) is 0 Å². The minimum Gasteiger partial charge on any atom is -0.508 e. The molecule has 82 valence electrons. The van der Waals surface area contributed by atoms with Gasteiger partial charge in [0.2, 0.25) is 0 Å². The number of carboxylic acid groups (broad SMARTS) is 1. The van der Waals surface area contributed by atoms with E-state index in [4.69, 9.17) is 10.2 Å². The molecule has 3 nitrogen and oxygen atoms in total. The zero-order valence-corrected chi connectivity index (χ0v) is 8.97. The number of phenols is 1. The van der Waals surface area contributed by atoms with E-state index in [1.807, 2.05) is 13.8 Å². The maximum atomic E-state index is 11.0. The van der Waals surface area contributed by atoms with Crippen molar-refractivity contribution in [2.75, 3.05) is 0 Å². The number of phenolic OH excluding ortho intramolecular Hbond substituents is 1. The van der Waals surface area contributed by atoms with E-state index in [0.29, 0.717) is 6.42 Å². The van der Waals surface area contributed by atoms with E-state index in [-0.39, 0.29) is 17.6 Å². The largest absolute Gasteiger partial charge is 0.508 e. The van der Waals surface area contributed by atoms with E-state index in [1.165, 1.54) is 0 Å². The summed E-state index contributed by atoms with van der Waals surface area (Å²) in [6, 6.07) is 6.67. The average molecular weight is 208 g/mol. The summed E-state index contributed by atoms with van der Waals surface area (Å²) in [6.45, 7) is 3.80. The SMILES string of the molecule is CC(C)[C@H](Cc1ccc(O)cc1)C(=O)O. The Morgan fingerprint density at radius 3 is 2.20 bits per heavy atom. The predicted molar refractivity (Wildman–Crippen MR) is 57.8 cm³/mol. The molecule has 0 bridgehead atoms. The van der Waals surface area contributed by atoms with Crippen LogP contribution in [0.15, 0.2) is 24.3 Å². The highest BCUT2D eigenvalue weighted by Gasteiger charge is 2.21. The molecule has 1 aromatic rings. The molecular weight excluding hydrogens is 192 g/mol. The normalized spacial score (nSPS) is 12.7. The lowest BCUT2D eigenvalue weighted by atomic mass is 9.89. The number of aromatic hydroxyl groups is 1. The van der Waals surface area contributed by atoms with Crippen LogP contribution in [0.2, 0.25) is 0 Å². The fourth-order valence-corrected chi connectivity index (χ4v) is 1.49. The van der Waals surface area contributed by atoms with E-state index >= 15 is 0 Å². The van der Waals surface area contributed by atoms with Crippen molar-refractivity contribution in [3.63, 3.8) is 0 Å². The van der Waals surface area contributed by atoms with Crippen molar-refractivity contribution in [3.8, 4) is 5.75 Å². The summed E-state index contributed by atoms with van der Waals surface area (Å²) >= 11 is 0. The molecule has 0 radical (unpaired) electrons. The summed E-state index contributed by atoms with van der Waals surface area (Å²) in [7, 11) is 0. The number of benzene rings is 1. The molecule has 2 N–H and O–H groups in total. The van der Waals surface area contributed by atoms with Gasteiger partial charge in [0.05, 0.1) is 5.92 Å². The Labute approximate surface area is 89.4 Å². The third-order valence-electron chi connectivity index (χ3n) is 2.51. The molecule has 0 fully saturated rings. The van der Waals surface area contributed by atoms with Crippen LogP contribution in [0.5, 0.6) is 5.75 Å². The molecule has 0 aliphatic heterocycles. The van der Waals surface area contributed by atoms with Crippen LogP contribution < -0.4 is 0 Å². The molecule has 15 heavy (non-hydrogen) atoms. The monoisotopic (exact) mass is 208 g/mol. The van der Waals surface area contributed by atoms with Crippen molar-refractivity contribution in [1.82, 2.24) is 0 Å². The maximum Gasteiger partial charge on any atom is 0.307 e. The number of hydrogen-bond donors (Lipinski definition) is 2. The summed E-state index contributed by atoms with van der Waals surface area (Å²) in [6.07, 6.45) is 0.507. The first kappa shape index (κ1) is 11.6. The number of rotatable bonds is 4. The van der Waals surface area contributed by atoms with Gasteiger partial charge in [-0.3, -0.25) is 4.79 Å². The van der Waals surface area contributed by atoms with Crippen molar-refractivity contribution < 1.29 is 15.0 Å². The lowest BCUT2D eigenvalue weighted by Crippen LogP contribution is -2.22. The minimum absolute atomic E-state index is 0.108. The van der Waals surface area contributed by atoms with Gasteiger partial charge in [0.15, 0.2) is 0 Å². The van der Waals surface area contributed by atoms with Gasteiger partial charge < -0.3 is 10.2 Å².